The van der Waals surface area contributed by atoms with Crippen molar-refractivity contribution in [2.24, 2.45) is 5.41 Å². The molecule has 1 aromatic carbocycles. The van der Waals surface area contributed by atoms with Gasteiger partial charge in [0, 0.05) is 29.6 Å². The number of nitrogens with one attached hydrogen (secondary N) is 1. The molecule has 1 N–H and O–H groups in total. The number of ether oxygens (including phenoxy) is 1. The summed E-state index contributed by atoms with van der Waals surface area (Å²) >= 11 is 6.15. The second-order valence-electron chi connectivity index (χ2n) is 6.02. The highest BCUT2D eigenvalue weighted by atomic mass is 35.5. The summed E-state index contributed by atoms with van der Waals surface area (Å²) in [4.78, 5) is 0. The average molecular weight is 282 g/mol. The smallest absolute Gasteiger partial charge is 0.0655 e. The highest BCUT2D eigenvalue weighted by Gasteiger charge is 2.48. The molecule has 3 heteroatoms. The highest BCUT2D eigenvalue weighted by Crippen LogP contribution is 2.42. The lowest BCUT2D eigenvalue weighted by Crippen LogP contribution is -2.60. The van der Waals surface area contributed by atoms with E-state index in [1.807, 2.05) is 6.92 Å². The van der Waals surface area contributed by atoms with Crippen LogP contribution in [0.25, 0.3) is 0 Å². The fourth-order valence-corrected chi connectivity index (χ4v) is 2.91. The van der Waals surface area contributed by atoms with Crippen LogP contribution in [0.5, 0.6) is 0 Å². The van der Waals surface area contributed by atoms with E-state index in [9.17, 15) is 0 Å². The number of halogens is 1. The van der Waals surface area contributed by atoms with Crippen LogP contribution in [0.3, 0.4) is 0 Å². The third-order valence-corrected chi connectivity index (χ3v) is 4.74. The molecule has 1 aliphatic carbocycles. The van der Waals surface area contributed by atoms with Crippen molar-refractivity contribution in [3.63, 3.8) is 0 Å². The number of hydrogen-bond donors (Lipinski definition) is 1. The van der Waals surface area contributed by atoms with Gasteiger partial charge >= 0.3 is 0 Å². The first-order valence-corrected chi connectivity index (χ1v) is 7.43. The molecule has 0 saturated heterocycles. The van der Waals surface area contributed by atoms with Crippen LogP contribution in [0.1, 0.15) is 38.3 Å². The monoisotopic (exact) mass is 281 g/mol. The first-order valence-electron chi connectivity index (χ1n) is 7.05. The Bertz CT molecular complexity index is 444. The molecular weight excluding hydrogens is 258 g/mol. The molecule has 0 aliphatic heterocycles. The zero-order valence-corrected chi connectivity index (χ0v) is 13.1. The Kier molecular flexibility index (Phi) is 4.54. The van der Waals surface area contributed by atoms with Crippen molar-refractivity contribution in [1.29, 1.82) is 0 Å². The van der Waals surface area contributed by atoms with Gasteiger partial charge in [-0.05, 0) is 37.5 Å². The van der Waals surface area contributed by atoms with Crippen LogP contribution in [0.2, 0.25) is 5.02 Å². The van der Waals surface area contributed by atoms with Gasteiger partial charge in [-0.1, -0.05) is 37.6 Å². The molecule has 19 heavy (non-hydrogen) atoms. The quantitative estimate of drug-likeness (QED) is 0.883. The van der Waals surface area contributed by atoms with Gasteiger partial charge < -0.3 is 10.1 Å². The van der Waals surface area contributed by atoms with E-state index in [-0.39, 0.29) is 5.41 Å². The number of hydrogen-bond acceptors (Lipinski definition) is 2. The Morgan fingerprint density at radius 2 is 2.16 bits per heavy atom. The molecule has 1 fully saturated rings. The maximum Gasteiger partial charge on any atom is 0.0655 e. The molecule has 0 heterocycles. The van der Waals surface area contributed by atoms with Crippen LogP contribution >= 0.6 is 11.6 Å². The van der Waals surface area contributed by atoms with E-state index in [2.05, 4.69) is 44.3 Å². The molecule has 2 atom stereocenters. The second-order valence-corrected chi connectivity index (χ2v) is 6.43. The lowest BCUT2D eigenvalue weighted by molar-refractivity contribution is -0.114. The Balaban J connectivity index is 1.88. The van der Waals surface area contributed by atoms with Crippen molar-refractivity contribution in [3.8, 4) is 0 Å². The highest BCUT2D eigenvalue weighted by molar-refractivity contribution is 6.31. The van der Waals surface area contributed by atoms with Crippen LogP contribution in [-0.4, -0.2) is 18.8 Å². The normalized spacial score (nSPS) is 25.1. The second kappa shape index (κ2) is 5.82. The minimum Gasteiger partial charge on any atom is -0.378 e. The van der Waals surface area contributed by atoms with Crippen LogP contribution in [0.15, 0.2) is 18.2 Å². The molecule has 0 bridgehead atoms. The van der Waals surface area contributed by atoms with Gasteiger partial charge in [-0.15, -0.1) is 0 Å². The topological polar surface area (TPSA) is 21.3 Å². The standard InChI is InChI=1S/C16H24ClNO/c1-5-19-15-9-14(16(15,3)4)18-10-12-7-6-11(2)13(17)8-12/h6-8,14-15,18H,5,9-10H2,1-4H3. The Labute approximate surface area is 121 Å². The van der Waals surface area contributed by atoms with Gasteiger partial charge in [0.1, 0.15) is 0 Å². The van der Waals surface area contributed by atoms with Crippen molar-refractivity contribution < 1.29 is 4.74 Å². The summed E-state index contributed by atoms with van der Waals surface area (Å²) < 4.78 is 5.75. The molecular formula is C16H24ClNO. The van der Waals surface area contributed by atoms with Crippen molar-refractivity contribution in [3.05, 3.63) is 34.3 Å². The number of benzene rings is 1. The summed E-state index contributed by atoms with van der Waals surface area (Å²) in [6.07, 6.45) is 1.48. The zero-order valence-electron chi connectivity index (χ0n) is 12.3. The lowest BCUT2D eigenvalue weighted by atomic mass is 9.64. The van der Waals surface area contributed by atoms with Gasteiger partial charge in [-0.2, -0.15) is 0 Å². The van der Waals surface area contributed by atoms with Crippen LogP contribution in [0.4, 0.5) is 0 Å². The Morgan fingerprint density at radius 3 is 2.74 bits per heavy atom. The van der Waals surface area contributed by atoms with Crippen molar-refractivity contribution in [2.45, 2.75) is 52.8 Å². The zero-order chi connectivity index (χ0) is 14.0. The van der Waals surface area contributed by atoms with Crippen LogP contribution in [-0.2, 0) is 11.3 Å². The molecule has 0 aromatic heterocycles. The first kappa shape index (κ1) is 14.8. The van der Waals surface area contributed by atoms with Crippen LogP contribution < -0.4 is 5.32 Å². The lowest BCUT2D eigenvalue weighted by Gasteiger charge is -2.52. The summed E-state index contributed by atoms with van der Waals surface area (Å²) in [7, 11) is 0. The molecule has 2 rings (SSSR count). The van der Waals surface area contributed by atoms with E-state index < -0.39 is 0 Å². The van der Waals surface area contributed by atoms with Gasteiger partial charge in [0.05, 0.1) is 6.10 Å². The molecule has 106 valence electrons. The minimum atomic E-state index is 0.213. The summed E-state index contributed by atoms with van der Waals surface area (Å²) in [5.74, 6) is 0. The Morgan fingerprint density at radius 1 is 1.42 bits per heavy atom. The maximum absolute atomic E-state index is 6.15. The third-order valence-electron chi connectivity index (χ3n) is 4.33. The SMILES string of the molecule is CCOC1CC(NCc2ccc(C)c(Cl)c2)C1(C)C. The average Bonchev–Trinajstić information content (AvgIpc) is 2.37. The molecule has 2 nitrogen and oxygen atoms in total. The fraction of sp³-hybridized carbons (Fsp3) is 0.625. The summed E-state index contributed by atoms with van der Waals surface area (Å²) in [5, 5.41) is 4.47. The molecule has 0 amide bonds. The molecule has 0 radical (unpaired) electrons. The van der Waals surface area contributed by atoms with Gasteiger partial charge in [-0.3, -0.25) is 0 Å². The molecule has 0 spiro atoms. The van der Waals surface area contributed by atoms with Crippen molar-refractivity contribution in [2.75, 3.05) is 6.61 Å². The van der Waals surface area contributed by atoms with E-state index in [0.29, 0.717) is 12.1 Å². The summed E-state index contributed by atoms with van der Waals surface area (Å²) in [6.45, 7) is 10.3. The first-order chi connectivity index (χ1) is 8.95. The minimum absolute atomic E-state index is 0.213. The molecule has 2 unspecified atom stereocenters. The van der Waals surface area contributed by atoms with E-state index in [1.54, 1.807) is 0 Å². The third kappa shape index (κ3) is 3.13. The van der Waals surface area contributed by atoms with Gasteiger partial charge in [0.25, 0.3) is 0 Å². The predicted octanol–water partition coefficient (Wildman–Crippen LogP) is 3.94. The predicted molar refractivity (Wildman–Crippen MR) is 80.6 cm³/mol. The van der Waals surface area contributed by atoms with E-state index >= 15 is 0 Å². The number of rotatable bonds is 5. The van der Waals surface area contributed by atoms with Crippen LogP contribution in [0, 0.1) is 12.3 Å². The van der Waals surface area contributed by atoms with Crippen molar-refractivity contribution >= 4 is 11.6 Å². The largest absolute Gasteiger partial charge is 0.378 e. The van der Waals surface area contributed by atoms with E-state index in [1.165, 1.54) is 5.56 Å². The fourth-order valence-electron chi connectivity index (χ4n) is 2.70. The maximum atomic E-state index is 6.15. The van der Waals surface area contributed by atoms with Crippen molar-refractivity contribution in [1.82, 2.24) is 5.32 Å². The van der Waals surface area contributed by atoms with Gasteiger partial charge in [0.15, 0.2) is 0 Å². The van der Waals surface area contributed by atoms with E-state index in [4.69, 9.17) is 16.3 Å². The number of aryl methyl sites for hydroxylation is 1. The van der Waals surface area contributed by atoms with E-state index in [0.717, 1.165) is 30.2 Å². The van der Waals surface area contributed by atoms with Gasteiger partial charge in [0.2, 0.25) is 0 Å². The summed E-state index contributed by atoms with van der Waals surface area (Å²) in [5.41, 5.74) is 2.59. The summed E-state index contributed by atoms with van der Waals surface area (Å²) in [6, 6.07) is 6.79. The van der Waals surface area contributed by atoms with Gasteiger partial charge in [-0.25, -0.2) is 0 Å². The molecule has 1 aromatic rings. The molecule has 1 saturated carbocycles. The molecule has 1 aliphatic rings. The Hall–Kier alpha value is -0.570.